The number of hydrogen-bond donors (Lipinski definition) is 2. The predicted molar refractivity (Wildman–Crippen MR) is 123 cm³/mol. The highest BCUT2D eigenvalue weighted by atomic mass is 35.5. The van der Waals surface area contributed by atoms with E-state index in [9.17, 15) is 18.8 Å². The van der Waals surface area contributed by atoms with Crippen LogP contribution in [0.15, 0.2) is 36.4 Å². The predicted octanol–water partition coefficient (Wildman–Crippen LogP) is 3.34. The van der Waals surface area contributed by atoms with Gasteiger partial charge in [0.25, 0.3) is 11.8 Å². The van der Waals surface area contributed by atoms with Crippen molar-refractivity contribution in [3.8, 4) is 5.75 Å². The van der Waals surface area contributed by atoms with E-state index in [0.717, 1.165) is 0 Å². The van der Waals surface area contributed by atoms with Gasteiger partial charge in [0, 0.05) is 23.7 Å². The molecule has 0 spiro atoms. The number of ether oxygens (including phenoxy) is 1. The minimum Gasteiger partial charge on any atom is -0.491 e. The first-order valence-corrected chi connectivity index (χ1v) is 11.2. The third-order valence-corrected chi connectivity index (χ3v) is 5.50. The average molecular weight is 476 g/mol. The van der Waals surface area contributed by atoms with Crippen molar-refractivity contribution in [2.45, 2.75) is 32.7 Å². The summed E-state index contributed by atoms with van der Waals surface area (Å²) in [6, 6.07) is 8.66. The second-order valence-electron chi connectivity index (χ2n) is 8.07. The Balaban J connectivity index is 1.77. The SMILES string of the molecule is Cc1ccc(C(=O)N2CCCCNC(=O)c3cc(Cl)ccc3OC[C@@H](C)NC(=O)C2)cc1F. The van der Waals surface area contributed by atoms with Gasteiger partial charge in [0.1, 0.15) is 18.2 Å². The van der Waals surface area contributed by atoms with Gasteiger partial charge in [0.2, 0.25) is 5.91 Å². The number of halogens is 2. The summed E-state index contributed by atoms with van der Waals surface area (Å²) in [6.07, 6.45) is 1.12. The Kier molecular flexibility index (Phi) is 8.27. The van der Waals surface area contributed by atoms with Crippen molar-refractivity contribution in [1.82, 2.24) is 15.5 Å². The van der Waals surface area contributed by atoms with Crippen LogP contribution in [-0.4, -0.2) is 54.9 Å². The van der Waals surface area contributed by atoms with Crippen LogP contribution in [-0.2, 0) is 4.79 Å². The topological polar surface area (TPSA) is 87.7 Å². The first-order valence-electron chi connectivity index (χ1n) is 10.8. The zero-order chi connectivity index (χ0) is 24.0. The Labute approximate surface area is 197 Å². The molecular weight excluding hydrogens is 449 g/mol. The number of carbonyl (C=O) groups excluding carboxylic acids is 3. The maximum atomic E-state index is 14.0. The first-order chi connectivity index (χ1) is 15.7. The fourth-order valence-corrected chi connectivity index (χ4v) is 3.61. The van der Waals surface area contributed by atoms with E-state index in [4.69, 9.17) is 16.3 Å². The van der Waals surface area contributed by atoms with Gasteiger partial charge in [-0.05, 0) is 62.6 Å². The van der Waals surface area contributed by atoms with Crippen LogP contribution in [0.2, 0.25) is 5.02 Å². The van der Waals surface area contributed by atoms with Gasteiger partial charge < -0.3 is 20.3 Å². The maximum Gasteiger partial charge on any atom is 0.255 e. The number of hydrogen-bond acceptors (Lipinski definition) is 4. The van der Waals surface area contributed by atoms with Gasteiger partial charge >= 0.3 is 0 Å². The standard InChI is InChI=1S/C24H27ClFN3O4/c1-15-5-6-17(11-20(15)26)24(32)29-10-4-3-9-27-23(31)19-12-18(25)7-8-21(19)33-14-16(2)28-22(30)13-29/h5-8,11-12,16H,3-4,9-10,13-14H2,1-2H3,(H,27,31)(H,28,30)/t16-/m1/s1. The molecule has 1 aliphatic heterocycles. The summed E-state index contributed by atoms with van der Waals surface area (Å²) in [5, 5.41) is 6.04. The van der Waals surface area contributed by atoms with Crippen LogP contribution in [0.25, 0.3) is 0 Å². The lowest BCUT2D eigenvalue weighted by Gasteiger charge is -2.24. The second kappa shape index (κ2) is 11.1. The normalized spacial score (nSPS) is 18.2. The molecule has 0 saturated carbocycles. The molecule has 0 bridgehead atoms. The number of fused-ring (bicyclic) bond motifs is 1. The Morgan fingerprint density at radius 3 is 2.73 bits per heavy atom. The molecule has 1 aliphatic rings. The number of nitrogens with zero attached hydrogens (tertiary/aromatic N) is 1. The highest BCUT2D eigenvalue weighted by Gasteiger charge is 2.21. The van der Waals surface area contributed by atoms with E-state index in [0.29, 0.717) is 41.3 Å². The third-order valence-electron chi connectivity index (χ3n) is 5.26. The van der Waals surface area contributed by atoms with Crippen LogP contribution in [0.3, 0.4) is 0 Å². The highest BCUT2D eigenvalue weighted by Crippen LogP contribution is 2.23. The zero-order valence-corrected chi connectivity index (χ0v) is 19.4. The minimum absolute atomic E-state index is 0.116. The molecular formula is C24H27ClFN3O4. The second-order valence-corrected chi connectivity index (χ2v) is 8.51. The van der Waals surface area contributed by atoms with Gasteiger partial charge in [-0.25, -0.2) is 4.39 Å². The van der Waals surface area contributed by atoms with E-state index < -0.39 is 11.7 Å². The highest BCUT2D eigenvalue weighted by molar-refractivity contribution is 6.31. The summed E-state index contributed by atoms with van der Waals surface area (Å²) in [5.41, 5.74) is 0.933. The Morgan fingerprint density at radius 2 is 1.97 bits per heavy atom. The average Bonchev–Trinajstić information content (AvgIpc) is 2.78. The van der Waals surface area contributed by atoms with Crippen LogP contribution < -0.4 is 15.4 Å². The number of carbonyl (C=O) groups is 3. The van der Waals surface area contributed by atoms with Gasteiger partial charge in [-0.15, -0.1) is 0 Å². The fourth-order valence-electron chi connectivity index (χ4n) is 3.44. The van der Waals surface area contributed by atoms with Crippen LogP contribution in [0.4, 0.5) is 4.39 Å². The van der Waals surface area contributed by atoms with Crippen molar-refractivity contribution in [3.05, 3.63) is 63.9 Å². The lowest BCUT2D eigenvalue weighted by atomic mass is 10.1. The van der Waals surface area contributed by atoms with E-state index in [1.54, 1.807) is 32.0 Å². The van der Waals surface area contributed by atoms with Gasteiger partial charge in [0.15, 0.2) is 0 Å². The molecule has 1 atom stereocenters. The van der Waals surface area contributed by atoms with Crippen molar-refractivity contribution >= 4 is 29.3 Å². The van der Waals surface area contributed by atoms with Gasteiger partial charge in [-0.2, -0.15) is 0 Å². The smallest absolute Gasteiger partial charge is 0.255 e. The minimum atomic E-state index is -0.475. The first kappa shape index (κ1) is 24.5. The van der Waals surface area contributed by atoms with Gasteiger partial charge in [-0.1, -0.05) is 17.7 Å². The molecule has 2 aromatic rings. The van der Waals surface area contributed by atoms with Crippen LogP contribution in [0.1, 0.15) is 46.0 Å². The molecule has 7 nitrogen and oxygen atoms in total. The third kappa shape index (κ3) is 6.68. The van der Waals surface area contributed by atoms with Crippen LogP contribution in [0.5, 0.6) is 5.75 Å². The van der Waals surface area contributed by atoms with Crippen LogP contribution in [0, 0.1) is 12.7 Å². The number of benzene rings is 2. The maximum absolute atomic E-state index is 14.0. The summed E-state index contributed by atoms with van der Waals surface area (Å²) in [7, 11) is 0. The number of rotatable bonds is 1. The quantitative estimate of drug-likeness (QED) is 0.662. The zero-order valence-electron chi connectivity index (χ0n) is 18.6. The molecule has 3 rings (SSSR count). The lowest BCUT2D eigenvalue weighted by Crippen LogP contribution is -2.45. The molecule has 0 unspecified atom stereocenters. The van der Waals surface area contributed by atoms with E-state index in [1.165, 1.54) is 23.1 Å². The lowest BCUT2D eigenvalue weighted by molar-refractivity contribution is -0.122. The monoisotopic (exact) mass is 475 g/mol. The molecule has 0 radical (unpaired) electrons. The van der Waals surface area contributed by atoms with E-state index in [1.807, 2.05) is 0 Å². The molecule has 9 heteroatoms. The molecule has 3 amide bonds. The number of amides is 3. The van der Waals surface area contributed by atoms with Crippen molar-refractivity contribution in [2.24, 2.45) is 0 Å². The molecule has 33 heavy (non-hydrogen) atoms. The molecule has 1 heterocycles. The Morgan fingerprint density at radius 1 is 1.18 bits per heavy atom. The molecule has 0 aliphatic carbocycles. The number of nitrogens with one attached hydrogen (secondary N) is 2. The summed E-state index contributed by atoms with van der Waals surface area (Å²) in [6.45, 7) is 3.97. The van der Waals surface area contributed by atoms with E-state index >= 15 is 0 Å². The van der Waals surface area contributed by atoms with Crippen molar-refractivity contribution in [2.75, 3.05) is 26.2 Å². The van der Waals surface area contributed by atoms with Gasteiger partial charge in [0.05, 0.1) is 18.2 Å². The summed E-state index contributed by atoms with van der Waals surface area (Å²) < 4.78 is 19.7. The van der Waals surface area contributed by atoms with Gasteiger partial charge in [-0.3, -0.25) is 14.4 Å². The molecule has 0 saturated heterocycles. The van der Waals surface area contributed by atoms with Crippen molar-refractivity contribution in [3.63, 3.8) is 0 Å². The molecule has 176 valence electrons. The van der Waals surface area contributed by atoms with Crippen LogP contribution >= 0.6 is 11.6 Å². The number of aryl methyl sites for hydroxylation is 1. The molecule has 0 aromatic heterocycles. The summed E-state index contributed by atoms with van der Waals surface area (Å²) in [5.74, 6) is -1.21. The van der Waals surface area contributed by atoms with E-state index in [-0.39, 0.29) is 43.1 Å². The largest absolute Gasteiger partial charge is 0.491 e. The molecule has 2 aromatic carbocycles. The molecule has 0 fully saturated rings. The Hall–Kier alpha value is -3.13. The molecule has 2 N–H and O–H groups in total. The Bertz CT molecular complexity index is 1050. The van der Waals surface area contributed by atoms with Crippen molar-refractivity contribution < 1.29 is 23.5 Å². The summed E-state index contributed by atoms with van der Waals surface area (Å²) >= 11 is 6.05. The van der Waals surface area contributed by atoms with E-state index in [2.05, 4.69) is 10.6 Å². The summed E-state index contributed by atoms with van der Waals surface area (Å²) in [4.78, 5) is 39.6. The fraction of sp³-hybridized carbons (Fsp3) is 0.375. The van der Waals surface area contributed by atoms with Crippen molar-refractivity contribution in [1.29, 1.82) is 0 Å².